The van der Waals surface area contributed by atoms with Crippen LogP contribution in [0, 0.1) is 12.8 Å². The van der Waals surface area contributed by atoms with Crippen LogP contribution >= 0.6 is 0 Å². The topological polar surface area (TPSA) is 0 Å². The van der Waals surface area contributed by atoms with Gasteiger partial charge in [-0.2, -0.15) is 0 Å². The average Bonchev–Trinajstić information content (AvgIpc) is 2.76. The number of hydrogen-bond acceptors (Lipinski definition) is 0. The fourth-order valence-corrected chi connectivity index (χ4v) is 3.89. The molecule has 0 N–H and O–H groups in total. The first kappa shape index (κ1) is 16.1. The van der Waals surface area contributed by atoms with Crippen molar-refractivity contribution in [2.24, 2.45) is 5.92 Å². The third kappa shape index (κ3) is 3.15. The maximum atomic E-state index is 4.08. The molecular weight excluding hydrogens is 252 g/mol. The zero-order valence-electron chi connectivity index (χ0n) is 14.4. The molecule has 0 spiro atoms. The number of allylic oxidation sites excluding steroid dienone is 2. The molecule has 0 aliphatic heterocycles. The fraction of sp³-hybridized carbons (Fsp3) is 0.524. The number of aryl methyl sites for hydroxylation is 1. The Hall–Kier alpha value is -1.30. The van der Waals surface area contributed by atoms with Crippen molar-refractivity contribution in [3.05, 3.63) is 52.1 Å². The summed E-state index contributed by atoms with van der Waals surface area (Å²) in [7, 11) is 0. The van der Waals surface area contributed by atoms with Crippen molar-refractivity contribution in [2.75, 3.05) is 0 Å². The molecule has 0 heteroatoms. The highest BCUT2D eigenvalue weighted by molar-refractivity contribution is 5.69. The van der Waals surface area contributed by atoms with E-state index in [1.54, 1.807) is 16.7 Å². The van der Waals surface area contributed by atoms with E-state index >= 15 is 0 Å². The van der Waals surface area contributed by atoms with E-state index in [1.165, 1.54) is 29.5 Å². The van der Waals surface area contributed by atoms with E-state index in [4.69, 9.17) is 0 Å². The first-order chi connectivity index (χ1) is 9.99. The molecule has 114 valence electrons. The van der Waals surface area contributed by atoms with Gasteiger partial charge in [0.25, 0.3) is 0 Å². The Kier molecular flexibility index (Phi) is 5.08. The molecule has 1 aromatic rings. The zero-order chi connectivity index (χ0) is 15.6. The molecule has 0 nitrogen and oxygen atoms in total. The molecule has 1 unspecified atom stereocenters. The van der Waals surface area contributed by atoms with E-state index in [0.29, 0.717) is 5.92 Å². The lowest BCUT2D eigenvalue weighted by Crippen LogP contribution is -2.14. The van der Waals surface area contributed by atoms with Gasteiger partial charge < -0.3 is 0 Å². The second kappa shape index (κ2) is 6.64. The van der Waals surface area contributed by atoms with E-state index in [2.05, 4.69) is 59.4 Å². The van der Waals surface area contributed by atoms with Crippen LogP contribution < -0.4 is 0 Å². The van der Waals surface area contributed by atoms with Crippen molar-refractivity contribution in [1.82, 2.24) is 0 Å². The Morgan fingerprint density at radius 3 is 2.43 bits per heavy atom. The highest BCUT2D eigenvalue weighted by Gasteiger charge is 2.30. The molecule has 1 aromatic carbocycles. The largest absolute Gasteiger partial charge is 0.100 e. The lowest BCUT2D eigenvalue weighted by atomic mass is 9.77. The molecule has 0 bridgehead atoms. The third-order valence-corrected chi connectivity index (χ3v) is 5.13. The summed E-state index contributed by atoms with van der Waals surface area (Å²) in [5, 5.41) is 0. The van der Waals surface area contributed by atoms with Crippen LogP contribution in [-0.2, 0) is 6.42 Å². The molecule has 0 radical (unpaired) electrons. The van der Waals surface area contributed by atoms with E-state index in [0.717, 1.165) is 18.8 Å². The number of benzene rings is 1. The van der Waals surface area contributed by atoms with Gasteiger partial charge in [0.1, 0.15) is 0 Å². The van der Waals surface area contributed by atoms with Crippen molar-refractivity contribution in [2.45, 2.75) is 66.2 Å². The molecule has 0 saturated carbocycles. The number of fused-ring (bicyclic) bond motifs is 1. The molecule has 0 aromatic heterocycles. The van der Waals surface area contributed by atoms with Gasteiger partial charge in [-0.05, 0) is 61.8 Å². The fourth-order valence-electron chi connectivity index (χ4n) is 3.89. The summed E-state index contributed by atoms with van der Waals surface area (Å²) in [6.45, 7) is 15.5. The van der Waals surface area contributed by atoms with Crippen LogP contribution in [0.1, 0.15) is 75.1 Å². The third-order valence-electron chi connectivity index (χ3n) is 5.13. The normalized spacial score (nSPS) is 17.0. The predicted octanol–water partition coefficient (Wildman–Crippen LogP) is 6.44. The van der Waals surface area contributed by atoms with Crippen LogP contribution in [0.15, 0.2) is 29.9 Å². The smallest absolute Gasteiger partial charge is 0.00855 e. The summed E-state index contributed by atoms with van der Waals surface area (Å²) >= 11 is 0. The van der Waals surface area contributed by atoms with Gasteiger partial charge in [0.05, 0.1) is 0 Å². The molecular formula is C21H30. The zero-order valence-corrected chi connectivity index (χ0v) is 14.4. The Balaban J connectivity index is 2.47. The van der Waals surface area contributed by atoms with Crippen molar-refractivity contribution in [1.29, 1.82) is 0 Å². The Labute approximate surface area is 131 Å². The first-order valence-corrected chi connectivity index (χ1v) is 8.44. The van der Waals surface area contributed by atoms with E-state index in [1.807, 2.05) is 0 Å². The van der Waals surface area contributed by atoms with Crippen molar-refractivity contribution >= 4 is 6.08 Å². The van der Waals surface area contributed by atoms with Gasteiger partial charge in [-0.25, -0.2) is 0 Å². The Bertz CT molecular complexity index is 556. The molecule has 1 aliphatic rings. The van der Waals surface area contributed by atoms with Crippen LogP contribution in [0.4, 0.5) is 0 Å². The summed E-state index contributed by atoms with van der Waals surface area (Å²) in [4.78, 5) is 0. The molecule has 0 saturated heterocycles. The van der Waals surface area contributed by atoms with Crippen LogP contribution in [0.25, 0.3) is 6.08 Å². The first-order valence-electron chi connectivity index (χ1n) is 8.44. The van der Waals surface area contributed by atoms with Gasteiger partial charge in [-0.3, -0.25) is 0 Å². The van der Waals surface area contributed by atoms with E-state index < -0.39 is 0 Å². The van der Waals surface area contributed by atoms with Gasteiger partial charge in [-0.15, -0.1) is 6.58 Å². The highest BCUT2D eigenvalue weighted by Crippen LogP contribution is 2.46. The van der Waals surface area contributed by atoms with Crippen molar-refractivity contribution < 1.29 is 0 Å². The van der Waals surface area contributed by atoms with Gasteiger partial charge in [-0.1, -0.05) is 56.0 Å². The minimum atomic E-state index is 0.634. The SMILES string of the molecule is C=C(C)CCc1c(C)ccc2c1C(C(CC)CC)C(C)=C2. The van der Waals surface area contributed by atoms with Crippen LogP contribution in [-0.4, -0.2) is 0 Å². The monoisotopic (exact) mass is 282 g/mol. The molecule has 0 heterocycles. The molecule has 0 fully saturated rings. The lowest BCUT2D eigenvalue weighted by Gasteiger charge is -2.27. The second-order valence-corrected chi connectivity index (χ2v) is 6.76. The lowest BCUT2D eigenvalue weighted by molar-refractivity contribution is 0.436. The van der Waals surface area contributed by atoms with E-state index in [-0.39, 0.29) is 0 Å². The molecule has 1 atom stereocenters. The summed E-state index contributed by atoms with van der Waals surface area (Å²) < 4.78 is 0. The minimum absolute atomic E-state index is 0.634. The van der Waals surface area contributed by atoms with Crippen LogP contribution in [0.5, 0.6) is 0 Å². The summed E-state index contributed by atoms with van der Waals surface area (Å²) in [6, 6.07) is 4.62. The van der Waals surface area contributed by atoms with Crippen LogP contribution in [0.3, 0.4) is 0 Å². The Morgan fingerprint density at radius 1 is 1.19 bits per heavy atom. The highest BCUT2D eigenvalue weighted by atomic mass is 14.3. The quantitative estimate of drug-likeness (QED) is 0.527. The molecule has 2 rings (SSSR count). The molecule has 1 aliphatic carbocycles. The minimum Gasteiger partial charge on any atom is -0.100 e. The van der Waals surface area contributed by atoms with Gasteiger partial charge in [0.15, 0.2) is 0 Å². The predicted molar refractivity (Wildman–Crippen MR) is 94.8 cm³/mol. The summed E-state index contributed by atoms with van der Waals surface area (Å²) in [5.74, 6) is 1.41. The maximum Gasteiger partial charge on any atom is 0.00855 e. The van der Waals surface area contributed by atoms with Crippen LogP contribution in [0.2, 0.25) is 0 Å². The average molecular weight is 282 g/mol. The van der Waals surface area contributed by atoms with Gasteiger partial charge in [0, 0.05) is 5.92 Å². The number of rotatable bonds is 6. The molecule has 21 heavy (non-hydrogen) atoms. The van der Waals surface area contributed by atoms with Crippen molar-refractivity contribution in [3.8, 4) is 0 Å². The molecule has 0 amide bonds. The van der Waals surface area contributed by atoms with E-state index in [9.17, 15) is 0 Å². The number of hydrogen-bond donors (Lipinski definition) is 0. The summed E-state index contributed by atoms with van der Waals surface area (Å²) in [5.41, 5.74) is 8.97. The van der Waals surface area contributed by atoms with Gasteiger partial charge >= 0.3 is 0 Å². The second-order valence-electron chi connectivity index (χ2n) is 6.76. The Morgan fingerprint density at radius 2 is 1.86 bits per heavy atom. The van der Waals surface area contributed by atoms with Gasteiger partial charge in [0.2, 0.25) is 0 Å². The summed E-state index contributed by atoms with van der Waals surface area (Å²) in [6.07, 6.45) is 7.19. The standard InChI is InChI=1S/C21H30/c1-7-17(8-2)20-16(6)13-18-11-10-15(5)19(21(18)20)12-9-14(3)4/h10-11,13,17,20H,3,7-9,12H2,1-2,4-6H3. The maximum absolute atomic E-state index is 4.08. The van der Waals surface area contributed by atoms with Crippen molar-refractivity contribution in [3.63, 3.8) is 0 Å².